The Morgan fingerprint density at radius 2 is 1.09 bits per heavy atom. The molecule has 0 radical (unpaired) electrons. The van der Waals surface area contributed by atoms with Crippen molar-refractivity contribution in [2.45, 2.75) is 0 Å². The van der Waals surface area contributed by atoms with Crippen molar-refractivity contribution in [2.75, 3.05) is 11.2 Å². The van der Waals surface area contributed by atoms with Crippen molar-refractivity contribution in [3.63, 3.8) is 0 Å². The molecule has 0 saturated heterocycles. The lowest BCUT2D eigenvalue weighted by Crippen LogP contribution is -2.22. The molecule has 4 aromatic carbocycles. The third-order valence-corrected chi connectivity index (χ3v) is 6.34. The first-order chi connectivity index (χ1) is 16.0. The maximum absolute atomic E-state index is 14.1. The molecule has 0 aliphatic carbocycles. The van der Waals surface area contributed by atoms with Gasteiger partial charge in [0.15, 0.2) is 0 Å². The molecule has 0 saturated carbocycles. The van der Waals surface area contributed by atoms with Gasteiger partial charge in [-0.25, -0.2) is 4.57 Å². The summed E-state index contributed by atoms with van der Waals surface area (Å²) < 4.78 is 25.9. The first-order valence-corrected chi connectivity index (χ1v) is 11.9. The average Bonchev–Trinajstić information content (AvgIpc) is 2.84. The third-order valence-electron chi connectivity index (χ3n) is 4.73. The van der Waals surface area contributed by atoms with E-state index in [0.29, 0.717) is 17.2 Å². The molecule has 8 heteroatoms. The monoisotopic (exact) mass is 460 g/mol. The minimum absolute atomic E-state index is 0.0315. The first-order valence-electron chi connectivity index (χ1n) is 10.2. The molecule has 0 amide bonds. The second kappa shape index (κ2) is 10.0. The van der Waals surface area contributed by atoms with Crippen LogP contribution >= 0.6 is 7.60 Å². The Hall–Kier alpha value is -4.09. The van der Waals surface area contributed by atoms with Crippen molar-refractivity contribution < 1.29 is 18.5 Å². The molecule has 0 unspecified atom stereocenters. The number of non-ortho nitro benzene ring substituents is 1. The first kappa shape index (κ1) is 22.1. The summed E-state index contributed by atoms with van der Waals surface area (Å²) in [4.78, 5) is 12.4. The largest absolute Gasteiger partial charge is 0.450 e. The van der Waals surface area contributed by atoms with Crippen LogP contribution in [-0.4, -0.2) is 11.2 Å². The van der Waals surface area contributed by atoms with Gasteiger partial charge in [-0.1, -0.05) is 54.6 Å². The molecule has 4 rings (SSSR count). The topological polar surface area (TPSA) is 81.9 Å². The third kappa shape index (κ3) is 5.79. The van der Waals surface area contributed by atoms with E-state index in [2.05, 4.69) is 0 Å². The Kier molecular flexibility index (Phi) is 6.72. The highest BCUT2D eigenvalue weighted by molar-refractivity contribution is 7.54. The summed E-state index contributed by atoms with van der Waals surface area (Å²) in [6.45, 7) is 0. The van der Waals surface area contributed by atoms with E-state index in [0.717, 1.165) is 5.69 Å². The van der Waals surface area contributed by atoms with E-state index < -0.39 is 12.5 Å². The second-order valence-electron chi connectivity index (χ2n) is 7.10. The zero-order valence-electron chi connectivity index (χ0n) is 17.6. The minimum atomic E-state index is -3.79. The molecule has 0 aliphatic rings. The molecule has 4 aromatic rings. The number of nitrogens with zero attached hydrogens (tertiary/aromatic N) is 2. The summed E-state index contributed by atoms with van der Waals surface area (Å²) in [5, 5.41) is 11.1. The van der Waals surface area contributed by atoms with Crippen LogP contribution in [0.1, 0.15) is 0 Å². The summed E-state index contributed by atoms with van der Waals surface area (Å²) in [6, 6.07) is 33.0. The van der Waals surface area contributed by atoms with Crippen molar-refractivity contribution in [3.8, 4) is 11.5 Å². The van der Waals surface area contributed by atoms with Gasteiger partial charge in [0, 0.05) is 23.5 Å². The Bertz CT molecular complexity index is 1190. The van der Waals surface area contributed by atoms with E-state index in [1.54, 1.807) is 65.6 Å². The lowest BCUT2D eigenvalue weighted by atomic mass is 10.2. The summed E-state index contributed by atoms with van der Waals surface area (Å²) in [5.41, 5.74) is 1.32. The van der Waals surface area contributed by atoms with Crippen LogP contribution < -0.4 is 13.9 Å². The minimum Gasteiger partial charge on any atom is -0.415 e. The Morgan fingerprint density at radius 1 is 0.667 bits per heavy atom. The molecule has 0 fully saturated rings. The quantitative estimate of drug-likeness (QED) is 0.151. The van der Waals surface area contributed by atoms with Crippen molar-refractivity contribution in [2.24, 2.45) is 0 Å². The van der Waals surface area contributed by atoms with Crippen LogP contribution in [0.5, 0.6) is 11.5 Å². The van der Waals surface area contributed by atoms with Gasteiger partial charge in [-0.15, -0.1) is 0 Å². The van der Waals surface area contributed by atoms with Gasteiger partial charge < -0.3 is 13.9 Å². The maximum Gasteiger partial charge on any atom is 0.450 e. The van der Waals surface area contributed by atoms with Crippen LogP contribution in [0.25, 0.3) is 0 Å². The van der Waals surface area contributed by atoms with Crippen molar-refractivity contribution in [3.05, 3.63) is 125 Å². The number of benzene rings is 4. The zero-order valence-corrected chi connectivity index (χ0v) is 18.5. The van der Waals surface area contributed by atoms with Crippen molar-refractivity contribution in [1.82, 2.24) is 0 Å². The number of nitro benzene ring substituents is 1. The molecule has 166 valence electrons. The van der Waals surface area contributed by atoms with E-state index >= 15 is 0 Å². The molecule has 0 spiro atoms. The Balaban J connectivity index is 1.73. The van der Waals surface area contributed by atoms with Crippen LogP contribution in [0, 0.1) is 10.1 Å². The summed E-state index contributed by atoms with van der Waals surface area (Å²) in [7, 11) is -3.79. The van der Waals surface area contributed by atoms with Crippen LogP contribution in [0.4, 0.5) is 17.1 Å². The standard InChI is InChI=1S/C25H21N2O5P/c28-27(29)23-18-16-22(17-19-23)26(21-10-4-1-5-11-21)20-33(30,31-24-12-6-2-7-13-24)32-25-14-8-3-9-15-25/h1-19H,20H2. The molecule has 0 atom stereocenters. The van der Waals surface area contributed by atoms with Gasteiger partial charge >= 0.3 is 7.60 Å². The van der Waals surface area contributed by atoms with Gasteiger partial charge in [-0.05, 0) is 48.5 Å². The highest BCUT2D eigenvalue weighted by Crippen LogP contribution is 2.51. The van der Waals surface area contributed by atoms with Gasteiger partial charge in [0.25, 0.3) is 5.69 Å². The summed E-state index contributed by atoms with van der Waals surface area (Å²) in [6.07, 6.45) is -0.126. The zero-order chi connectivity index (χ0) is 23.1. The lowest BCUT2D eigenvalue weighted by Gasteiger charge is -2.29. The summed E-state index contributed by atoms with van der Waals surface area (Å²) >= 11 is 0. The van der Waals surface area contributed by atoms with E-state index in [1.165, 1.54) is 12.1 Å². The number of rotatable bonds is 9. The number of nitro groups is 1. The van der Waals surface area contributed by atoms with Gasteiger partial charge in [0.1, 0.15) is 17.8 Å². The molecule has 0 N–H and O–H groups in total. The van der Waals surface area contributed by atoms with E-state index in [-0.39, 0.29) is 12.0 Å². The molecule has 0 aromatic heterocycles. The molecular formula is C25H21N2O5P. The fourth-order valence-corrected chi connectivity index (χ4v) is 4.92. The van der Waals surface area contributed by atoms with E-state index in [1.807, 2.05) is 42.5 Å². The average molecular weight is 460 g/mol. The van der Waals surface area contributed by atoms with Crippen LogP contribution in [-0.2, 0) is 4.57 Å². The number of hydrogen-bond acceptors (Lipinski definition) is 6. The molecule has 7 nitrogen and oxygen atoms in total. The fourth-order valence-electron chi connectivity index (χ4n) is 3.21. The predicted molar refractivity (Wildman–Crippen MR) is 128 cm³/mol. The van der Waals surface area contributed by atoms with Crippen LogP contribution in [0.2, 0.25) is 0 Å². The van der Waals surface area contributed by atoms with Gasteiger partial charge in [0.2, 0.25) is 0 Å². The predicted octanol–water partition coefficient (Wildman–Crippen LogP) is 7.04. The summed E-state index contributed by atoms with van der Waals surface area (Å²) in [5.74, 6) is 0.821. The van der Waals surface area contributed by atoms with Gasteiger partial charge in [0.05, 0.1) is 4.92 Å². The molecule has 33 heavy (non-hydrogen) atoms. The van der Waals surface area contributed by atoms with Crippen molar-refractivity contribution >= 4 is 24.7 Å². The Labute approximate surface area is 191 Å². The number of para-hydroxylation sites is 3. The van der Waals surface area contributed by atoms with Crippen molar-refractivity contribution in [1.29, 1.82) is 0 Å². The molecule has 0 heterocycles. The highest BCUT2D eigenvalue weighted by atomic mass is 31.2. The maximum atomic E-state index is 14.1. The smallest absolute Gasteiger partial charge is 0.415 e. The normalized spacial score (nSPS) is 10.9. The SMILES string of the molecule is O=[N+]([O-])c1ccc(N(CP(=O)(Oc2ccccc2)Oc2ccccc2)c2ccccc2)cc1. The van der Waals surface area contributed by atoms with Crippen LogP contribution in [0.15, 0.2) is 115 Å². The van der Waals surface area contributed by atoms with E-state index in [9.17, 15) is 14.7 Å². The number of anilines is 2. The van der Waals surface area contributed by atoms with E-state index in [4.69, 9.17) is 9.05 Å². The van der Waals surface area contributed by atoms with Gasteiger partial charge in [-0.2, -0.15) is 0 Å². The second-order valence-corrected chi connectivity index (χ2v) is 8.97. The molecule has 0 aliphatic heterocycles. The highest BCUT2D eigenvalue weighted by Gasteiger charge is 2.33. The van der Waals surface area contributed by atoms with Gasteiger partial charge in [-0.3, -0.25) is 10.1 Å². The van der Waals surface area contributed by atoms with Crippen LogP contribution in [0.3, 0.4) is 0 Å². The fraction of sp³-hybridized carbons (Fsp3) is 0.0400. The lowest BCUT2D eigenvalue weighted by molar-refractivity contribution is -0.384. The molecular weight excluding hydrogens is 439 g/mol. The number of hydrogen-bond donors (Lipinski definition) is 0. The molecule has 0 bridgehead atoms. The Morgan fingerprint density at radius 3 is 1.55 bits per heavy atom.